The average molecular weight is 375 g/mol. The van der Waals surface area contributed by atoms with Gasteiger partial charge in [0.1, 0.15) is 11.6 Å². The lowest BCUT2D eigenvalue weighted by Gasteiger charge is -2.37. The summed E-state index contributed by atoms with van der Waals surface area (Å²) in [5.74, 6) is 1.96. The summed E-state index contributed by atoms with van der Waals surface area (Å²) in [4.78, 5) is 21.8. The molecule has 6 nitrogen and oxygen atoms in total. The van der Waals surface area contributed by atoms with Crippen molar-refractivity contribution in [3.8, 4) is 0 Å². The predicted octanol–water partition coefficient (Wildman–Crippen LogP) is 3.39. The zero-order valence-electron chi connectivity index (χ0n) is 17.0. The van der Waals surface area contributed by atoms with Crippen LogP contribution < -0.4 is 10.6 Å². The molecule has 0 aliphatic heterocycles. The summed E-state index contributed by atoms with van der Waals surface area (Å²) in [6.07, 6.45) is 8.02. The third kappa shape index (κ3) is 5.41. The van der Waals surface area contributed by atoms with Crippen LogP contribution in [0, 0.1) is 12.8 Å². The molecular weight excluding hydrogens is 340 g/mol. The highest BCUT2D eigenvalue weighted by Gasteiger charge is 2.35. The Morgan fingerprint density at radius 3 is 2.70 bits per heavy atom. The van der Waals surface area contributed by atoms with E-state index in [1.807, 2.05) is 13.0 Å². The number of carbonyl (C=O) groups is 1. The normalized spacial score (nSPS) is 25.7. The molecule has 1 amide bonds. The number of aromatic nitrogens is 2. The molecule has 6 heteroatoms. The Morgan fingerprint density at radius 1 is 1.22 bits per heavy atom. The van der Waals surface area contributed by atoms with Crippen molar-refractivity contribution in [1.82, 2.24) is 15.3 Å². The SMILES string of the molecule is CCCO[C@@H]1CC[C@H](C(=O)NC2CCC2)C[C@H]1Nc1cc(C)nc(CC)n1. The van der Waals surface area contributed by atoms with E-state index in [1.54, 1.807) is 0 Å². The van der Waals surface area contributed by atoms with Crippen molar-refractivity contribution in [3.05, 3.63) is 17.6 Å². The van der Waals surface area contributed by atoms with E-state index in [2.05, 4.69) is 34.4 Å². The van der Waals surface area contributed by atoms with Crippen LogP contribution in [0.25, 0.3) is 0 Å². The number of carbonyl (C=O) groups excluding carboxylic acids is 1. The predicted molar refractivity (Wildman–Crippen MR) is 107 cm³/mol. The molecule has 150 valence electrons. The van der Waals surface area contributed by atoms with E-state index in [0.29, 0.717) is 6.04 Å². The monoisotopic (exact) mass is 374 g/mol. The first-order valence-corrected chi connectivity index (χ1v) is 10.6. The van der Waals surface area contributed by atoms with Gasteiger partial charge in [-0.2, -0.15) is 0 Å². The van der Waals surface area contributed by atoms with Gasteiger partial charge in [-0.15, -0.1) is 0 Å². The van der Waals surface area contributed by atoms with Gasteiger partial charge in [-0.25, -0.2) is 9.97 Å². The minimum atomic E-state index is 0.0538. The number of hydrogen-bond donors (Lipinski definition) is 2. The van der Waals surface area contributed by atoms with Crippen molar-refractivity contribution in [2.75, 3.05) is 11.9 Å². The molecule has 0 bridgehead atoms. The Morgan fingerprint density at radius 2 is 2.04 bits per heavy atom. The van der Waals surface area contributed by atoms with Crippen LogP contribution in [0.3, 0.4) is 0 Å². The van der Waals surface area contributed by atoms with Gasteiger partial charge in [0.05, 0.1) is 12.1 Å². The first-order chi connectivity index (χ1) is 13.1. The number of rotatable bonds is 8. The molecule has 0 saturated heterocycles. The second-order valence-corrected chi connectivity index (χ2v) is 7.97. The molecule has 0 spiro atoms. The van der Waals surface area contributed by atoms with Gasteiger partial charge in [-0.1, -0.05) is 13.8 Å². The summed E-state index contributed by atoms with van der Waals surface area (Å²) in [5.41, 5.74) is 0.963. The molecule has 0 radical (unpaired) electrons. The number of nitrogens with one attached hydrogen (secondary N) is 2. The Hall–Kier alpha value is -1.69. The summed E-state index contributed by atoms with van der Waals surface area (Å²) in [5, 5.41) is 6.79. The molecule has 27 heavy (non-hydrogen) atoms. The zero-order valence-corrected chi connectivity index (χ0v) is 17.0. The van der Waals surface area contributed by atoms with Gasteiger partial charge in [0.2, 0.25) is 5.91 Å². The average Bonchev–Trinajstić information content (AvgIpc) is 2.62. The third-order valence-electron chi connectivity index (χ3n) is 5.70. The maximum absolute atomic E-state index is 12.7. The van der Waals surface area contributed by atoms with E-state index >= 15 is 0 Å². The third-order valence-corrected chi connectivity index (χ3v) is 5.70. The van der Waals surface area contributed by atoms with E-state index in [9.17, 15) is 4.79 Å². The Kier molecular flexibility index (Phi) is 7.05. The minimum Gasteiger partial charge on any atom is -0.376 e. The fraction of sp³-hybridized carbons (Fsp3) is 0.762. The molecule has 2 N–H and O–H groups in total. The highest BCUT2D eigenvalue weighted by atomic mass is 16.5. The van der Waals surface area contributed by atoms with Gasteiger partial charge >= 0.3 is 0 Å². The molecule has 3 atom stereocenters. The largest absolute Gasteiger partial charge is 0.376 e. The molecule has 1 aromatic heterocycles. The van der Waals surface area contributed by atoms with E-state index in [0.717, 1.165) is 68.9 Å². The number of ether oxygens (including phenoxy) is 1. The fourth-order valence-corrected chi connectivity index (χ4v) is 3.93. The van der Waals surface area contributed by atoms with E-state index in [4.69, 9.17) is 4.74 Å². The van der Waals surface area contributed by atoms with Crippen LogP contribution in [0.5, 0.6) is 0 Å². The Balaban J connectivity index is 1.68. The van der Waals surface area contributed by atoms with Crippen LogP contribution in [0.15, 0.2) is 6.07 Å². The summed E-state index contributed by atoms with van der Waals surface area (Å²) in [7, 11) is 0. The molecule has 2 aliphatic carbocycles. The number of aryl methyl sites for hydroxylation is 2. The van der Waals surface area contributed by atoms with E-state index < -0.39 is 0 Å². The lowest BCUT2D eigenvalue weighted by molar-refractivity contribution is -0.128. The number of anilines is 1. The molecule has 2 saturated carbocycles. The van der Waals surface area contributed by atoms with Gasteiger partial charge in [0.25, 0.3) is 0 Å². The zero-order chi connectivity index (χ0) is 19.2. The van der Waals surface area contributed by atoms with E-state index in [-0.39, 0.29) is 24.0 Å². The lowest BCUT2D eigenvalue weighted by atomic mass is 9.82. The first-order valence-electron chi connectivity index (χ1n) is 10.6. The van der Waals surface area contributed by atoms with Crippen molar-refractivity contribution in [2.24, 2.45) is 5.92 Å². The molecule has 0 unspecified atom stereocenters. The standard InChI is InChI=1S/C21H34N4O2/c1-4-11-27-18-10-9-15(21(26)23-16-7-6-8-16)13-17(18)24-20-12-14(3)22-19(5-2)25-20/h12,15-18H,4-11,13H2,1-3H3,(H,23,26)(H,22,24,25)/t15-,17+,18+/m0/s1. The smallest absolute Gasteiger partial charge is 0.223 e. The second-order valence-electron chi connectivity index (χ2n) is 7.97. The topological polar surface area (TPSA) is 76.1 Å². The van der Waals surface area contributed by atoms with Crippen molar-refractivity contribution < 1.29 is 9.53 Å². The van der Waals surface area contributed by atoms with Crippen LogP contribution in [0.2, 0.25) is 0 Å². The molecule has 2 aliphatic rings. The second kappa shape index (κ2) is 9.49. The van der Waals surface area contributed by atoms with Crippen LogP contribution in [0.1, 0.15) is 70.3 Å². The molecule has 3 rings (SSSR count). The maximum atomic E-state index is 12.7. The quantitative estimate of drug-likeness (QED) is 0.729. The number of amides is 1. The van der Waals surface area contributed by atoms with Crippen molar-refractivity contribution >= 4 is 11.7 Å². The van der Waals surface area contributed by atoms with Crippen molar-refractivity contribution in [2.45, 2.75) is 90.3 Å². The number of nitrogens with zero attached hydrogens (tertiary/aromatic N) is 2. The summed E-state index contributed by atoms with van der Waals surface area (Å²) in [6.45, 7) is 6.94. The summed E-state index contributed by atoms with van der Waals surface area (Å²) >= 11 is 0. The van der Waals surface area contributed by atoms with Crippen LogP contribution in [0.4, 0.5) is 5.82 Å². The molecule has 1 aromatic rings. The molecular formula is C21H34N4O2. The van der Waals surface area contributed by atoms with Crippen molar-refractivity contribution in [1.29, 1.82) is 0 Å². The van der Waals surface area contributed by atoms with Gasteiger partial charge in [-0.05, 0) is 51.9 Å². The molecule has 0 aromatic carbocycles. The first kappa shape index (κ1) is 20.1. The van der Waals surface area contributed by atoms with Crippen LogP contribution >= 0.6 is 0 Å². The maximum Gasteiger partial charge on any atom is 0.223 e. The van der Waals surface area contributed by atoms with Gasteiger partial charge in [0.15, 0.2) is 0 Å². The minimum absolute atomic E-state index is 0.0538. The number of hydrogen-bond acceptors (Lipinski definition) is 5. The van der Waals surface area contributed by atoms with Crippen LogP contribution in [-0.2, 0) is 16.0 Å². The highest BCUT2D eigenvalue weighted by Crippen LogP contribution is 2.30. The Bertz CT molecular complexity index is 633. The fourth-order valence-electron chi connectivity index (χ4n) is 3.93. The summed E-state index contributed by atoms with van der Waals surface area (Å²) in [6, 6.07) is 2.48. The van der Waals surface area contributed by atoms with Crippen LogP contribution in [-0.4, -0.2) is 40.7 Å². The molecule has 1 heterocycles. The highest BCUT2D eigenvalue weighted by molar-refractivity contribution is 5.79. The van der Waals surface area contributed by atoms with Gasteiger partial charge < -0.3 is 15.4 Å². The molecule has 2 fully saturated rings. The Labute approximate surface area is 162 Å². The van der Waals surface area contributed by atoms with E-state index in [1.165, 1.54) is 6.42 Å². The lowest BCUT2D eigenvalue weighted by Crippen LogP contribution is -2.48. The van der Waals surface area contributed by atoms with Gasteiger partial charge in [-0.3, -0.25) is 4.79 Å². The van der Waals surface area contributed by atoms with Gasteiger partial charge in [0, 0.05) is 36.7 Å². The van der Waals surface area contributed by atoms with Crippen molar-refractivity contribution in [3.63, 3.8) is 0 Å². The summed E-state index contributed by atoms with van der Waals surface area (Å²) < 4.78 is 6.11.